The third kappa shape index (κ3) is 4.06. The van der Waals surface area contributed by atoms with Crippen LogP contribution in [0.2, 0.25) is 0 Å². The molecule has 0 aliphatic rings. The third-order valence-electron chi connectivity index (χ3n) is 3.41. The van der Waals surface area contributed by atoms with Crippen LogP contribution in [0.15, 0.2) is 58.4 Å². The number of benzene rings is 2. The van der Waals surface area contributed by atoms with Crippen molar-refractivity contribution in [3.05, 3.63) is 74.5 Å². The quantitative estimate of drug-likeness (QED) is 0.698. The number of amides is 1. The monoisotopic (exact) mass is 386 g/mol. The predicted octanol–water partition coefficient (Wildman–Crippen LogP) is 4.81. The van der Waals surface area contributed by atoms with Crippen LogP contribution in [0, 0.1) is 6.92 Å². The Morgan fingerprint density at radius 2 is 2.00 bits per heavy atom. The molecule has 0 atom stereocenters. The van der Waals surface area contributed by atoms with Crippen LogP contribution in [-0.4, -0.2) is 10.9 Å². The lowest BCUT2D eigenvalue weighted by atomic mass is 10.1. The van der Waals surface area contributed by atoms with Gasteiger partial charge < -0.3 is 5.32 Å². The lowest BCUT2D eigenvalue weighted by Gasteiger charge is -2.06. The van der Waals surface area contributed by atoms with Gasteiger partial charge in [-0.2, -0.15) is 0 Å². The molecule has 0 radical (unpaired) electrons. The SMILES string of the molecule is Cc1nc(-c2ccc(CNC(=O)c3cccc(Br)c3)cc2)cs1. The van der Waals surface area contributed by atoms with Gasteiger partial charge in [0.05, 0.1) is 10.7 Å². The summed E-state index contributed by atoms with van der Waals surface area (Å²) in [5, 5.41) is 6.05. The standard InChI is InChI=1S/C18H15BrN2OS/c1-12-21-17(11-23-12)14-7-5-13(6-8-14)10-20-18(22)15-3-2-4-16(19)9-15/h2-9,11H,10H2,1H3,(H,20,22). The van der Waals surface area contributed by atoms with E-state index in [2.05, 4.69) is 31.6 Å². The zero-order valence-corrected chi connectivity index (χ0v) is 14.9. The molecule has 0 bridgehead atoms. The second kappa shape index (κ2) is 7.06. The van der Waals surface area contributed by atoms with E-state index in [1.807, 2.05) is 49.4 Å². The second-order valence-corrected chi connectivity index (χ2v) is 7.12. The van der Waals surface area contributed by atoms with Crippen molar-refractivity contribution in [2.24, 2.45) is 0 Å². The molecule has 0 aliphatic heterocycles. The average molecular weight is 387 g/mol. The minimum Gasteiger partial charge on any atom is -0.348 e. The number of rotatable bonds is 4. The van der Waals surface area contributed by atoms with Crippen LogP contribution in [0.5, 0.6) is 0 Å². The molecular weight excluding hydrogens is 372 g/mol. The van der Waals surface area contributed by atoms with Gasteiger partial charge in [-0.3, -0.25) is 4.79 Å². The highest BCUT2D eigenvalue weighted by molar-refractivity contribution is 9.10. The normalized spacial score (nSPS) is 10.5. The summed E-state index contributed by atoms with van der Waals surface area (Å²) >= 11 is 5.02. The fourth-order valence-electron chi connectivity index (χ4n) is 2.20. The zero-order valence-electron chi connectivity index (χ0n) is 12.5. The third-order valence-corrected chi connectivity index (χ3v) is 4.68. The van der Waals surface area contributed by atoms with E-state index in [-0.39, 0.29) is 5.91 Å². The van der Waals surface area contributed by atoms with E-state index in [9.17, 15) is 4.79 Å². The molecule has 0 saturated heterocycles. The van der Waals surface area contributed by atoms with Gasteiger partial charge in [0.1, 0.15) is 0 Å². The second-order valence-electron chi connectivity index (χ2n) is 5.14. The van der Waals surface area contributed by atoms with E-state index in [1.54, 1.807) is 17.4 Å². The minimum absolute atomic E-state index is 0.0782. The Morgan fingerprint density at radius 3 is 2.65 bits per heavy atom. The van der Waals surface area contributed by atoms with Crippen molar-refractivity contribution in [3.8, 4) is 11.3 Å². The van der Waals surface area contributed by atoms with Crippen molar-refractivity contribution in [3.63, 3.8) is 0 Å². The predicted molar refractivity (Wildman–Crippen MR) is 97.6 cm³/mol. The Bertz CT molecular complexity index is 827. The summed E-state index contributed by atoms with van der Waals surface area (Å²) in [5.41, 5.74) is 3.80. The molecule has 116 valence electrons. The lowest BCUT2D eigenvalue weighted by molar-refractivity contribution is 0.0951. The number of halogens is 1. The molecule has 1 N–H and O–H groups in total. The van der Waals surface area contributed by atoms with Crippen LogP contribution in [0.4, 0.5) is 0 Å². The highest BCUT2D eigenvalue weighted by Crippen LogP contribution is 2.21. The van der Waals surface area contributed by atoms with Gasteiger partial charge in [-0.25, -0.2) is 4.98 Å². The number of nitrogens with zero attached hydrogens (tertiary/aromatic N) is 1. The molecule has 0 saturated carbocycles. The highest BCUT2D eigenvalue weighted by atomic mass is 79.9. The number of carbonyl (C=O) groups is 1. The fourth-order valence-corrected chi connectivity index (χ4v) is 3.22. The van der Waals surface area contributed by atoms with Crippen LogP contribution in [0.25, 0.3) is 11.3 Å². The lowest BCUT2D eigenvalue weighted by Crippen LogP contribution is -2.22. The van der Waals surface area contributed by atoms with Gasteiger partial charge in [-0.1, -0.05) is 46.3 Å². The van der Waals surface area contributed by atoms with Gasteiger partial charge in [-0.15, -0.1) is 11.3 Å². The van der Waals surface area contributed by atoms with Gasteiger partial charge >= 0.3 is 0 Å². The van der Waals surface area contributed by atoms with E-state index < -0.39 is 0 Å². The van der Waals surface area contributed by atoms with Crippen molar-refractivity contribution >= 4 is 33.2 Å². The average Bonchev–Trinajstić information content (AvgIpc) is 2.99. The molecule has 3 rings (SSSR count). The number of thiazole rings is 1. The molecule has 3 aromatic rings. The Kier molecular flexibility index (Phi) is 4.88. The summed E-state index contributed by atoms with van der Waals surface area (Å²) < 4.78 is 0.896. The Morgan fingerprint density at radius 1 is 1.22 bits per heavy atom. The van der Waals surface area contributed by atoms with E-state index in [0.717, 1.165) is 26.3 Å². The number of aromatic nitrogens is 1. The van der Waals surface area contributed by atoms with Gasteiger partial charge in [-0.05, 0) is 30.7 Å². The van der Waals surface area contributed by atoms with Crippen molar-refractivity contribution in [1.82, 2.24) is 10.3 Å². The van der Waals surface area contributed by atoms with E-state index in [4.69, 9.17) is 0 Å². The summed E-state index contributed by atoms with van der Waals surface area (Å²) in [6, 6.07) is 15.5. The first-order chi connectivity index (χ1) is 11.1. The first-order valence-electron chi connectivity index (χ1n) is 7.17. The molecule has 0 spiro atoms. The minimum atomic E-state index is -0.0782. The molecule has 1 aromatic heterocycles. The number of aryl methyl sites for hydroxylation is 1. The molecule has 23 heavy (non-hydrogen) atoms. The molecule has 0 aliphatic carbocycles. The molecular formula is C18H15BrN2OS. The summed E-state index contributed by atoms with van der Waals surface area (Å²) in [5.74, 6) is -0.0782. The zero-order chi connectivity index (χ0) is 16.2. The van der Waals surface area contributed by atoms with Crippen molar-refractivity contribution in [1.29, 1.82) is 0 Å². The largest absolute Gasteiger partial charge is 0.348 e. The Balaban J connectivity index is 1.63. The Hall–Kier alpha value is -1.98. The van der Waals surface area contributed by atoms with Crippen LogP contribution >= 0.6 is 27.3 Å². The number of hydrogen-bond acceptors (Lipinski definition) is 3. The number of hydrogen-bond donors (Lipinski definition) is 1. The van der Waals surface area contributed by atoms with Crippen molar-refractivity contribution < 1.29 is 4.79 Å². The summed E-state index contributed by atoms with van der Waals surface area (Å²) in [7, 11) is 0. The van der Waals surface area contributed by atoms with Gasteiger partial charge in [0.2, 0.25) is 0 Å². The maximum Gasteiger partial charge on any atom is 0.251 e. The van der Waals surface area contributed by atoms with Crippen LogP contribution in [-0.2, 0) is 6.54 Å². The highest BCUT2D eigenvalue weighted by Gasteiger charge is 2.06. The maximum atomic E-state index is 12.1. The van der Waals surface area contributed by atoms with E-state index >= 15 is 0 Å². The fraction of sp³-hybridized carbons (Fsp3) is 0.111. The molecule has 0 fully saturated rings. The first kappa shape index (κ1) is 15.9. The Labute approximate surface area is 147 Å². The first-order valence-corrected chi connectivity index (χ1v) is 8.84. The molecule has 5 heteroatoms. The summed E-state index contributed by atoms with van der Waals surface area (Å²) in [6.45, 7) is 2.50. The molecule has 3 nitrogen and oxygen atoms in total. The number of nitrogens with one attached hydrogen (secondary N) is 1. The van der Waals surface area contributed by atoms with Gasteiger partial charge in [0, 0.05) is 27.5 Å². The summed E-state index contributed by atoms with van der Waals surface area (Å²) in [6.07, 6.45) is 0. The topological polar surface area (TPSA) is 42.0 Å². The summed E-state index contributed by atoms with van der Waals surface area (Å²) in [4.78, 5) is 16.6. The van der Waals surface area contributed by atoms with E-state index in [0.29, 0.717) is 12.1 Å². The number of carbonyl (C=O) groups excluding carboxylic acids is 1. The smallest absolute Gasteiger partial charge is 0.251 e. The van der Waals surface area contributed by atoms with Crippen molar-refractivity contribution in [2.45, 2.75) is 13.5 Å². The molecule has 2 aromatic carbocycles. The van der Waals surface area contributed by atoms with Crippen LogP contribution in [0.1, 0.15) is 20.9 Å². The van der Waals surface area contributed by atoms with E-state index in [1.165, 1.54) is 0 Å². The van der Waals surface area contributed by atoms with Gasteiger partial charge in [0.15, 0.2) is 0 Å². The van der Waals surface area contributed by atoms with Gasteiger partial charge in [0.25, 0.3) is 5.91 Å². The maximum absolute atomic E-state index is 12.1. The molecule has 0 unspecified atom stereocenters. The van der Waals surface area contributed by atoms with Crippen molar-refractivity contribution in [2.75, 3.05) is 0 Å². The molecule has 1 amide bonds. The van der Waals surface area contributed by atoms with Crippen LogP contribution < -0.4 is 5.32 Å². The molecule has 1 heterocycles. The van der Waals surface area contributed by atoms with Crippen LogP contribution in [0.3, 0.4) is 0 Å².